The van der Waals surface area contributed by atoms with E-state index in [0.717, 1.165) is 10.8 Å². The molecule has 2 fully saturated rings. The summed E-state index contributed by atoms with van der Waals surface area (Å²) in [6.07, 6.45) is 8.04. The second-order valence-electron chi connectivity index (χ2n) is 8.63. The minimum Gasteiger partial charge on any atom is -0.469 e. The quantitative estimate of drug-likeness (QED) is 0.504. The van der Waals surface area contributed by atoms with Gasteiger partial charge in [-0.3, -0.25) is 9.78 Å². The first-order valence-corrected chi connectivity index (χ1v) is 11.6. The number of esters is 1. The number of hydrogen-bond donors (Lipinski definition) is 1. The van der Waals surface area contributed by atoms with Gasteiger partial charge in [-0.1, -0.05) is 18.9 Å². The fraction of sp³-hybridized carbons (Fsp3) is 0.542. The topological polar surface area (TPSA) is 59.4 Å². The van der Waals surface area contributed by atoms with Crippen LogP contribution in [-0.4, -0.2) is 39.2 Å². The molecule has 1 aliphatic heterocycles. The van der Waals surface area contributed by atoms with Crippen LogP contribution in [-0.2, 0) is 9.53 Å². The third-order valence-corrected chi connectivity index (χ3v) is 7.09. The van der Waals surface area contributed by atoms with E-state index in [0.29, 0.717) is 25.4 Å². The zero-order chi connectivity index (χ0) is 22.0. The maximum Gasteiger partial charge on any atom is 0.305 e. The fourth-order valence-corrected chi connectivity index (χ4v) is 5.64. The van der Waals surface area contributed by atoms with E-state index < -0.39 is 0 Å². The number of rotatable bonds is 7. The Bertz CT molecular complexity index is 937. The van der Waals surface area contributed by atoms with Gasteiger partial charge in [0.1, 0.15) is 0 Å². The Morgan fingerprint density at radius 2 is 2.06 bits per heavy atom. The van der Waals surface area contributed by atoms with Crippen molar-refractivity contribution in [3.05, 3.63) is 53.1 Å². The first-order chi connectivity index (χ1) is 15.0. The van der Waals surface area contributed by atoms with Crippen molar-refractivity contribution in [1.29, 1.82) is 0 Å². The maximum atomic E-state index is 11.7. The minimum absolute atomic E-state index is 0.0237. The van der Waals surface area contributed by atoms with Crippen LogP contribution in [0.1, 0.15) is 79.3 Å². The number of aryl methyl sites for hydroxylation is 1. The molecule has 1 aliphatic carbocycles. The molecule has 2 aromatic rings. The maximum absolute atomic E-state index is 11.7. The van der Waals surface area contributed by atoms with E-state index in [-0.39, 0.29) is 18.1 Å². The Morgan fingerprint density at radius 3 is 2.74 bits per heavy atom. The molecule has 0 bridgehead atoms. The summed E-state index contributed by atoms with van der Waals surface area (Å²) in [5.41, 5.74) is 4.91. The summed E-state index contributed by atoms with van der Waals surface area (Å²) >= 11 is 5.76. The second-order valence-corrected chi connectivity index (χ2v) is 9.02. The van der Waals surface area contributed by atoms with Gasteiger partial charge in [0.2, 0.25) is 0 Å². The number of nitrogens with one attached hydrogen (secondary N) is 1. The average molecular weight is 441 g/mol. The molecule has 166 valence electrons. The highest BCUT2D eigenvalue weighted by atomic mass is 32.1. The highest BCUT2D eigenvalue weighted by molar-refractivity contribution is 7.80. The van der Waals surface area contributed by atoms with E-state index >= 15 is 0 Å². The van der Waals surface area contributed by atoms with Gasteiger partial charge in [-0.15, -0.1) is 0 Å². The molecule has 0 unspecified atom stereocenters. The van der Waals surface area contributed by atoms with E-state index in [1.807, 2.05) is 18.3 Å². The Labute approximate surface area is 190 Å². The van der Waals surface area contributed by atoms with Crippen molar-refractivity contribution >= 4 is 23.3 Å². The summed E-state index contributed by atoms with van der Waals surface area (Å²) in [7, 11) is 1.43. The van der Waals surface area contributed by atoms with E-state index in [4.69, 9.17) is 17.0 Å². The van der Waals surface area contributed by atoms with Gasteiger partial charge in [-0.25, -0.2) is 0 Å². The van der Waals surface area contributed by atoms with Gasteiger partial charge in [-0.05, 0) is 69.1 Å². The zero-order valence-corrected chi connectivity index (χ0v) is 19.5. The number of nitrogens with zero attached hydrogens (tertiary/aromatic N) is 3. The Kier molecular flexibility index (Phi) is 6.60. The molecular weight excluding hydrogens is 408 g/mol. The van der Waals surface area contributed by atoms with Gasteiger partial charge >= 0.3 is 5.97 Å². The molecule has 3 heterocycles. The summed E-state index contributed by atoms with van der Waals surface area (Å²) in [6, 6.07) is 8.96. The van der Waals surface area contributed by atoms with Crippen LogP contribution in [0.3, 0.4) is 0 Å². The fourth-order valence-electron chi connectivity index (χ4n) is 5.31. The summed E-state index contributed by atoms with van der Waals surface area (Å²) in [5, 5.41) is 4.23. The average Bonchev–Trinajstić information content (AvgIpc) is 3.47. The minimum atomic E-state index is -0.185. The molecule has 0 amide bonds. The van der Waals surface area contributed by atoms with E-state index in [1.165, 1.54) is 49.7 Å². The van der Waals surface area contributed by atoms with Crippen LogP contribution in [0.25, 0.3) is 0 Å². The van der Waals surface area contributed by atoms with Crippen molar-refractivity contribution in [1.82, 2.24) is 19.8 Å². The normalized spacial score (nSPS) is 21.5. The number of thiocarbonyl (C=S) groups is 1. The lowest BCUT2D eigenvalue weighted by Gasteiger charge is -2.28. The monoisotopic (exact) mass is 440 g/mol. The molecule has 0 spiro atoms. The predicted molar refractivity (Wildman–Crippen MR) is 125 cm³/mol. The summed E-state index contributed by atoms with van der Waals surface area (Å²) < 4.78 is 7.35. The van der Waals surface area contributed by atoms with E-state index in [2.05, 4.69) is 45.7 Å². The molecule has 0 radical (unpaired) electrons. The molecule has 7 heteroatoms. The molecule has 0 aromatic carbocycles. The third kappa shape index (κ3) is 4.33. The van der Waals surface area contributed by atoms with E-state index in [9.17, 15) is 4.79 Å². The Hall–Kier alpha value is -2.41. The molecule has 6 nitrogen and oxygen atoms in total. The van der Waals surface area contributed by atoms with Crippen LogP contribution in [0, 0.1) is 13.8 Å². The van der Waals surface area contributed by atoms with Crippen molar-refractivity contribution < 1.29 is 9.53 Å². The van der Waals surface area contributed by atoms with E-state index in [1.54, 1.807) is 0 Å². The van der Waals surface area contributed by atoms with Crippen molar-refractivity contribution in [3.8, 4) is 0 Å². The number of methoxy groups -OCH3 is 1. The number of pyridine rings is 1. The highest BCUT2D eigenvalue weighted by Gasteiger charge is 2.41. The summed E-state index contributed by atoms with van der Waals surface area (Å²) in [5.74, 6) is -0.185. The lowest BCUT2D eigenvalue weighted by Crippen LogP contribution is -2.31. The largest absolute Gasteiger partial charge is 0.469 e. The molecule has 2 aromatic heterocycles. The number of carbonyl (C=O) groups excluding carboxylic acids is 1. The first kappa shape index (κ1) is 21.8. The summed E-state index contributed by atoms with van der Waals surface area (Å²) in [4.78, 5) is 18.5. The lowest BCUT2D eigenvalue weighted by atomic mass is 9.96. The standard InChI is InChI=1S/C24H32N4O2S/c1-16-15-19(17(2)28(16)18-9-4-5-10-18)23-22(20-11-6-7-13-25-20)26-24(31)27(23)14-8-12-21(29)30-3/h6-7,11,13,15,18,22-23H,4-5,8-10,12,14H2,1-3H3,(H,26,31)/t22-,23-/m1/s1. The Balaban J connectivity index is 1.69. The van der Waals surface area contributed by atoms with Crippen molar-refractivity contribution in [2.45, 2.75) is 70.5 Å². The Morgan fingerprint density at radius 1 is 1.29 bits per heavy atom. The molecule has 31 heavy (non-hydrogen) atoms. The van der Waals surface area contributed by atoms with Crippen molar-refractivity contribution in [3.63, 3.8) is 0 Å². The molecule has 1 saturated heterocycles. The molecule has 2 atom stereocenters. The molecule has 4 rings (SSSR count). The van der Waals surface area contributed by atoms with Gasteiger partial charge < -0.3 is 19.5 Å². The molecule has 1 N–H and O–H groups in total. The zero-order valence-electron chi connectivity index (χ0n) is 18.6. The lowest BCUT2D eigenvalue weighted by molar-refractivity contribution is -0.140. The van der Waals surface area contributed by atoms with Gasteiger partial charge in [0.15, 0.2) is 5.11 Å². The van der Waals surface area contributed by atoms with Gasteiger partial charge in [0.05, 0.1) is 24.9 Å². The van der Waals surface area contributed by atoms with Crippen molar-refractivity contribution in [2.75, 3.05) is 13.7 Å². The van der Waals surface area contributed by atoms with Crippen molar-refractivity contribution in [2.24, 2.45) is 0 Å². The summed E-state index contributed by atoms with van der Waals surface area (Å²) in [6.45, 7) is 5.15. The molecule has 1 saturated carbocycles. The number of aromatic nitrogens is 2. The van der Waals surface area contributed by atoms with Gasteiger partial charge in [0, 0.05) is 36.6 Å². The molecular formula is C24H32N4O2S. The third-order valence-electron chi connectivity index (χ3n) is 6.74. The number of hydrogen-bond acceptors (Lipinski definition) is 4. The number of carbonyl (C=O) groups is 1. The predicted octanol–water partition coefficient (Wildman–Crippen LogP) is 4.54. The van der Waals surface area contributed by atoms with Crippen LogP contribution < -0.4 is 5.32 Å². The highest BCUT2D eigenvalue weighted by Crippen LogP contribution is 2.43. The van der Waals surface area contributed by atoms with Crippen LogP contribution >= 0.6 is 12.2 Å². The SMILES string of the molecule is COC(=O)CCCN1C(=S)N[C@H](c2ccccn2)[C@H]1c1cc(C)n(C2CCCC2)c1C. The van der Waals surface area contributed by atoms with Gasteiger partial charge in [-0.2, -0.15) is 0 Å². The van der Waals surface area contributed by atoms with Crippen LogP contribution in [0.5, 0.6) is 0 Å². The first-order valence-electron chi connectivity index (χ1n) is 11.2. The molecule has 2 aliphatic rings. The number of ether oxygens (including phenoxy) is 1. The smallest absolute Gasteiger partial charge is 0.305 e. The van der Waals surface area contributed by atoms with Crippen LogP contribution in [0.15, 0.2) is 30.5 Å². The van der Waals surface area contributed by atoms with Gasteiger partial charge in [0.25, 0.3) is 0 Å². The second kappa shape index (κ2) is 9.39. The van der Waals surface area contributed by atoms with Crippen LogP contribution in [0.4, 0.5) is 0 Å². The van der Waals surface area contributed by atoms with Crippen LogP contribution in [0.2, 0.25) is 0 Å².